The topological polar surface area (TPSA) is 54.0 Å². The fourth-order valence-electron chi connectivity index (χ4n) is 2.67. The van der Waals surface area contributed by atoms with Gasteiger partial charge in [-0.25, -0.2) is 4.79 Å². The highest BCUT2D eigenvalue weighted by Crippen LogP contribution is 2.23. The summed E-state index contributed by atoms with van der Waals surface area (Å²) in [6.07, 6.45) is 3.55. The van der Waals surface area contributed by atoms with Gasteiger partial charge in [0.25, 0.3) is 0 Å². The third-order valence-electron chi connectivity index (χ3n) is 4.14. The number of carbonyl (C=O) groups is 1. The van der Waals surface area contributed by atoms with Crippen molar-refractivity contribution in [2.45, 2.75) is 32.7 Å². The van der Waals surface area contributed by atoms with Crippen molar-refractivity contribution in [1.82, 2.24) is 10.3 Å². The minimum Gasteiger partial charge on any atom is -0.334 e. The molecule has 0 radical (unpaired) electrons. The lowest BCUT2D eigenvalue weighted by atomic mass is 9.86. The molecule has 3 rings (SSSR count). The zero-order valence-corrected chi connectivity index (χ0v) is 14.8. The van der Waals surface area contributed by atoms with E-state index in [1.54, 1.807) is 12.4 Å². The quantitative estimate of drug-likeness (QED) is 0.719. The maximum Gasteiger partial charge on any atom is 0.319 e. The van der Waals surface area contributed by atoms with Crippen molar-refractivity contribution in [3.8, 4) is 0 Å². The molecule has 2 N–H and O–H groups in total. The molecule has 0 atom stereocenters. The first kappa shape index (κ1) is 17.0. The Hall–Kier alpha value is -2.88. The molecular formula is C21H23N3O. The van der Waals surface area contributed by atoms with Gasteiger partial charge in [0, 0.05) is 30.0 Å². The second kappa shape index (κ2) is 6.93. The Balaban J connectivity index is 1.62. The monoisotopic (exact) mass is 333 g/mol. The predicted octanol–water partition coefficient (Wildman–Crippen LogP) is 4.85. The van der Waals surface area contributed by atoms with Crippen molar-refractivity contribution in [3.63, 3.8) is 0 Å². The number of anilines is 1. The second-order valence-electron chi connectivity index (χ2n) is 7.20. The SMILES string of the molecule is CC(C)(C)c1cccc(CNC(=O)Nc2ccc3cnccc3c2)c1. The molecule has 3 aromatic rings. The number of urea groups is 1. The Morgan fingerprint density at radius 1 is 1.04 bits per heavy atom. The van der Waals surface area contributed by atoms with E-state index >= 15 is 0 Å². The van der Waals surface area contributed by atoms with Crippen LogP contribution in [-0.2, 0) is 12.0 Å². The minimum atomic E-state index is -0.213. The maximum atomic E-state index is 12.2. The highest BCUT2D eigenvalue weighted by Gasteiger charge is 2.13. The number of nitrogens with one attached hydrogen (secondary N) is 2. The van der Waals surface area contributed by atoms with Crippen LogP contribution in [0.5, 0.6) is 0 Å². The van der Waals surface area contributed by atoms with Gasteiger partial charge in [-0.15, -0.1) is 0 Å². The molecule has 0 aliphatic rings. The molecule has 25 heavy (non-hydrogen) atoms. The van der Waals surface area contributed by atoms with Crippen LogP contribution < -0.4 is 10.6 Å². The van der Waals surface area contributed by atoms with E-state index in [0.29, 0.717) is 6.54 Å². The molecule has 2 amide bonds. The zero-order valence-electron chi connectivity index (χ0n) is 14.8. The smallest absolute Gasteiger partial charge is 0.319 e. The number of hydrogen-bond acceptors (Lipinski definition) is 2. The van der Waals surface area contributed by atoms with Crippen LogP contribution in [0.15, 0.2) is 60.9 Å². The number of pyridine rings is 1. The van der Waals surface area contributed by atoms with Crippen LogP contribution in [0.1, 0.15) is 31.9 Å². The van der Waals surface area contributed by atoms with Crippen LogP contribution in [0.4, 0.5) is 10.5 Å². The zero-order chi connectivity index (χ0) is 17.9. The highest BCUT2D eigenvalue weighted by atomic mass is 16.2. The van der Waals surface area contributed by atoms with E-state index in [9.17, 15) is 4.79 Å². The summed E-state index contributed by atoms with van der Waals surface area (Å²) in [7, 11) is 0. The Morgan fingerprint density at radius 3 is 2.68 bits per heavy atom. The summed E-state index contributed by atoms with van der Waals surface area (Å²) in [4.78, 5) is 16.3. The van der Waals surface area contributed by atoms with Crippen LogP contribution in [0.2, 0.25) is 0 Å². The fraction of sp³-hybridized carbons (Fsp3) is 0.238. The molecule has 0 aliphatic carbocycles. The van der Waals surface area contributed by atoms with E-state index < -0.39 is 0 Å². The molecular weight excluding hydrogens is 310 g/mol. The summed E-state index contributed by atoms with van der Waals surface area (Å²) < 4.78 is 0. The highest BCUT2D eigenvalue weighted by molar-refractivity contribution is 5.93. The van der Waals surface area contributed by atoms with Gasteiger partial charge in [0.1, 0.15) is 0 Å². The number of aromatic nitrogens is 1. The molecule has 0 fully saturated rings. The van der Waals surface area contributed by atoms with Crippen molar-refractivity contribution >= 4 is 22.5 Å². The van der Waals surface area contributed by atoms with Crippen molar-refractivity contribution < 1.29 is 4.79 Å². The molecule has 4 heteroatoms. The molecule has 0 saturated carbocycles. The lowest BCUT2D eigenvalue weighted by Gasteiger charge is -2.19. The normalized spacial score (nSPS) is 11.3. The average Bonchev–Trinajstić information content (AvgIpc) is 2.59. The second-order valence-corrected chi connectivity index (χ2v) is 7.20. The lowest BCUT2D eigenvalue weighted by molar-refractivity contribution is 0.251. The van der Waals surface area contributed by atoms with Gasteiger partial charge in [0.2, 0.25) is 0 Å². The Morgan fingerprint density at radius 2 is 1.88 bits per heavy atom. The number of fused-ring (bicyclic) bond motifs is 1. The Bertz CT molecular complexity index is 897. The number of hydrogen-bond donors (Lipinski definition) is 2. The summed E-state index contributed by atoms with van der Waals surface area (Å²) in [5.74, 6) is 0. The predicted molar refractivity (Wildman–Crippen MR) is 103 cm³/mol. The largest absolute Gasteiger partial charge is 0.334 e. The molecule has 0 spiro atoms. The van der Waals surface area contributed by atoms with Crippen LogP contribution >= 0.6 is 0 Å². The molecule has 4 nitrogen and oxygen atoms in total. The summed E-state index contributed by atoms with van der Waals surface area (Å²) in [6.45, 7) is 7.04. The molecule has 0 bridgehead atoms. The summed E-state index contributed by atoms with van der Waals surface area (Å²) in [5, 5.41) is 7.89. The van der Waals surface area contributed by atoms with Crippen LogP contribution in [0.25, 0.3) is 10.8 Å². The van der Waals surface area contributed by atoms with E-state index in [1.165, 1.54) is 5.56 Å². The van der Waals surface area contributed by atoms with Gasteiger partial charge in [-0.3, -0.25) is 4.98 Å². The summed E-state index contributed by atoms with van der Waals surface area (Å²) >= 11 is 0. The number of nitrogens with zero attached hydrogens (tertiary/aromatic N) is 1. The first-order valence-electron chi connectivity index (χ1n) is 8.40. The van der Waals surface area contributed by atoms with Gasteiger partial charge in [-0.1, -0.05) is 51.1 Å². The number of amides is 2. The van der Waals surface area contributed by atoms with E-state index in [2.05, 4.69) is 48.5 Å². The van der Waals surface area contributed by atoms with Gasteiger partial charge < -0.3 is 10.6 Å². The van der Waals surface area contributed by atoms with E-state index in [1.807, 2.05) is 36.4 Å². The van der Waals surface area contributed by atoms with Crippen molar-refractivity contribution in [2.75, 3.05) is 5.32 Å². The Labute approximate surface area is 148 Å². The molecule has 128 valence electrons. The van der Waals surface area contributed by atoms with Gasteiger partial charge >= 0.3 is 6.03 Å². The fourth-order valence-corrected chi connectivity index (χ4v) is 2.67. The summed E-state index contributed by atoms with van der Waals surface area (Å²) in [6, 6.07) is 15.8. The molecule has 0 aliphatic heterocycles. The van der Waals surface area contributed by atoms with Crippen LogP contribution in [-0.4, -0.2) is 11.0 Å². The summed E-state index contributed by atoms with van der Waals surface area (Å²) in [5.41, 5.74) is 3.21. The maximum absolute atomic E-state index is 12.2. The first-order valence-corrected chi connectivity index (χ1v) is 8.40. The molecule has 1 aromatic heterocycles. The third-order valence-corrected chi connectivity index (χ3v) is 4.14. The van der Waals surface area contributed by atoms with E-state index in [-0.39, 0.29) is 11.4 Å². The van der Waals surface area contributed by atoms with E-state index in [0.717, 1.165) is 22.0 Å². The number of benzene rings is 2. The third kappa shape index (κ3) is 4.35. The first-order chi connectivity index (χ1) is 11.9. The van der Waals surface area contributed by atoms with Crippen molar-refractivity contribution in [2.24, 2.45) is 0 Å². The molecule has 0 saturated heterocycles. The number of rotatable bonds is 3. The van der Waals surface area contributed by atoms with Crippen molar-refractivity contribution in [3.05, 3.63) is 72.1 Å². The number of carbonyl (C=O) groups excluding carboxylic acids is 1. The molecule has 0 unspecified atom stereocenters. The van der Waals surface area contributed by atoms with Crippen molar-refractivity contribution in [1.29, 1.82) is 0 Å². The Kier molecular flexibility index (Phi) is 4.70. The van der Waals surface area contributed by atoms with Gasteiger partial charge in [-0.2, -0.15) is 0 Å². The van der Waals surface area contributed by atoms with Crippen LogP contribution in [0, 0.1) is 0 Å². The molecule has 2 aromatic carbocycles. The van der Waals surface area contributed by atoms with E-state index in [4.69, 9.17) is 0 Å². The lowest BCUT2D eigenvalue weighted by Crippen LogP contribution is -2.28. The van der Waals surface area contributed by atoms with Gasteiger partial charge in [-0.05, 0) is 40.1 Å². The van der Waals surface area contributed by atoms with Crippen LogP contribution in [0.3, 0.4) is 0 Å². The average molecular weight is 333 g/mol. The molecule has 1 heterocycles. The van der Waals surface area contributed by atoms with Gasteiger partial charge in [0.15, 0.2) is 0 Å². The minimum absolute atomic E-state index is 0.0955. The van der Waals surface area contributed by atoms with Gasteiger partial charge in [0.05, 0.1) is 0 Å². The standard InChI is InChI=1S/C21H23N3O/c1-21(2,3)18-6-4-5-15(11-18)13-23-20(25)24-19-8-7-17-14-22-10-9-16(17)12-19/h4-12,14H,13H2,1-3H3,(H2,23,24,25).